The summed E-state index contributed by atoms with van der Waals surface area (Å²) in [7, 11) is -2.82. The van der Waals surface area contributed by atoms with Crippen LogP contribution in [0.3, 0.4) is 0 Å². The van der Waals surface area contributed by atoms with E-state index in [1.54, 1.807) is 0 Å². The fourth-order valence-corrected chi connectivity index (χ4v) is 6.01. The summed E-state index contributed by atoms with van der Waals surface area (Å²) in [6.45, 7) is 5.25. The van der Waals surface area contributed by atoms with Gasteiger partial charge in [0.25, 0.3) is 0 Å². The van der Waals surface area contributed by atoms with Gasteiger partial charge in [0.1, 0.15) is 0 Å². The molecule has 146 valence electrons. The number of sulfone groups is 1. The number of halogens is 1. The monoisotopic (exact) mass is 503 g/mol. The van der Waals surface area contributed by atoms with Crippen molar-refractivity contribution in [3.05, 3.63) is 0 Å². The fourth-order valence-electron chi connectivity index (χ4n) is 3.85. The molecular formula is C16H30IN3O3S2. The van der Waals surface area contributed by atoms with E-state index in [1.807, 2.05) is 11.8 Å². The van der Waals surface area contributed by atoms with E-state index in [4.69, 9.17) is 9.73 Å². The van der Waals surface area contributed by atoms with Gasteiger partial charge in [0.2, 0.25) is 0 Å². The molecule has 0 bridgehead atoms. The third-order valence-electron chi connectivity index (χ3n) is 5.34. The molecular weight excluding hydrogens is 473 g/mol. The Morgan fingerprint density at radius 1 is 1.44 bits per heavy atom. The minimum Gasteiger partial charge on any atom is -0.381 e. The Labute approximate surface area is 172 Å². The minimum atomic E-state index is -2.82. The average molecular weight is 503 g/mol. The zero-order valence-corrected chi connectivity index (χ0v) is 18.9. The van der Waals surface area contributed by atoms with Crippen LogP contribution >= 0.6 is 35.7 Å². The standard InChI is InChI=1S/C16H29N3O3S2.HI/c1-23-8-5-17-15(18-10-14-2-9-24(20,21)11-14)19-6-3-16(12-19)4-7-22-13-16;/h14H,2-13H2,1H3,(H,17,18);1H. The van der Waals surface area contributed by atoms with Crippen LogP contribution in [0.1, 0.15) is 19.3 Å². The molecule has 3 saturated heterocycles. The smallest absolute Gasteiger partial charge is 0.193 e. The van der Waals surface area contributed by atoms with Gasteiger partial charge in [-0.15, -0.1) is 24.0 Å². The summed E-state index contributed by atoms with van der Waals surface area (Å²) in [6, 6.07) is 0. The second-order valence-electron chi connectivity index (χ2n) is 7.33. The number of hydrogen-bond donors (Lipinski definition) is 1. The molecule has 3 aliphatic heterocycles. The van der Waals surface area contributed by atoms with Crippen molar-refractivity contribution < 1.29 is 13.2 Å². The van der Waals surface area contributed by atoms with Crippen molar-refractivity contribution in [1.29, 1.82) is 0 Å². The molecule has 9 heteroatoms. The summed E-state index contributed by atoms with van der Waals surface area (Å²) in [5.41, 5.74) is 0.304. The van der Waals surface area contributed by atoms with E-state index < -0.39 is 9.84 Å². The molecule has 3 heterocycles. The van der Waals surface area contributed by atoms with Crippen LogP contribution in [0.2, 0.25) is 0 Å². The number of nitrogens with one attached hydrogen (secondary N) is 1. The number of thioether (sulfide) groups is 1. The lowest BCUT2D eigenvalue weighted by Gasteiger charge is -2.25. The first-order valence-corrected chi connectivity index (χ1v) is 12.0. The number of ether oxygens (including phenoxy) is 1. The quantitative estimate of drug-likeness (QED) is 0.265. The van der Waals surface area contributed by atoms with Gasteiger partial charge in [0.05, 0.1) is 18.1 Å². The molecule has 25 heavy (non-hydrogen) atoms. The molecule has 3 rings (SSSR count). The summed E-state index contributed by atoms with van der Waals surface area (Å²) in [5.74, 6) is 2.80. The Balaban J connectivity index is 0.00000225. The highest BCUT2D eigenvalue weighted by atomic mass is 127. The van der Waals surface area contributed by atoms with Gasteiger partial charge >= 0.3 is 0 Å². The van der Waals surface area contributed by atoms with E-state index in [1.165, 1.54) is 0 Å². The van der Waals surface area contributed by atoms with Crippen molar-refractivity contribution in [3.63, 3.8) is 0 Å². The maximum Gasteiger partial charge on any atom is 0.193 e. The molecule has 0 aromatic heterocycles. The normalized spacial score (nSPS) is 31.5. The zero-order chi connectivity index (χ0) is 17.0. The molecule has 6 nitrogen and oxygen atoms in total. The molecule has 2 unspecified atom stereocenters. The Morgan fingerprint density at radius 2 is 2.28 bits per heavy atom. The number of guanidine groups is 1. The second-order valence-corrected chi connectivity index (χ2v) is 10.5. The Bertz CT molecular complexity index is 565. The third-order valence-corrected chi connectivity index (χ3v) is 7.79. The van der Waals surface area contributed by atoms with E-state index in [0.717, 1.165) is 63.8 Å². The van der Waals surface area contributed by atoms with E-state index in [9.17, 15) is 8.42 Å². The van der Waals surface area contributed by atoms with Crippen LogP contribution in [0, 0.1) is 11.3 Å². The number of likely N-dealkylation sites (tertiary alicyclic amines) is 1. The molecule has 0 aromatic rings. The summed E-state index contributed by atoms with van der Waals surface area (Å²) in [6.07, 6.45) is 5.15. The molecule has 1 spiro atoms. The average Bonchev–Trinajstić information content (AvgIpc) is 3.25. The van der Waals surface area contributed by atoms with Crippen LogP contribution in [0.4, 0.5) is 0 Å². The van der Waals surface area contributed by atoms with Crippen molar-refractivity contribution >= 4 is 51.5 Å². The molecule has 3 fully saturated rings. The van der Waals surface area contributed by atoms with Crippen molar-refractivity contribution in [1.82, 2.24) is 10.2 Å². The van der Waals surface area contributed by atoms with Crippen molar-refractivity contribution in [2.24, 2.45) is 16.3 Å². The highest BCUT2D eigenvalue weighted by Crippen LogP contribution is 2.38. The lowest BCUT2D eigenvalue weighted by molar-refractivity contribution is 0.156. The van der Waals surface area contributed by atoms with Crippen LogP contribution in [-0.4, -0.2) is 82.2 Å². The van der Waals surface area contributed by atoms with Gasteiger partial charge in [-0.25, -0.2) is 8.42 Å². The lowest BCUT2D eigenvalue weighted by atomic mass is 9.87. The predicted molar refractivity (Wildman–Crippen MR) is 115 cm³/mol. The van der Waals surface area contributed by atoms with Gasteiger partial charge in [-0.3, -0.25) is 4.99 Å². The Kier molecular flexibility index (Phi) is 8.15. The minimum absolute atomic E-state index is 0. The van der Waals surface area contributed by atoms with Gasteiger partial charge in [-0.05, 0) is 31.4 Å². The van der Waals surface area contributed by atoms with Gasteiger partial charge in [0, 0.05) is 44.0 Å². The zero-order valence-electron chi connectivity index (χ0n) is 14.9. The highest BCUT2D eigenvalue weighted by Gasteiger charge is 2.42. The number of aliphatic imine (C=N–C) groups is 1. The fraction of sp³-hybridized carbons (Fsp3) is 0.938. The van der Waals surface area contributed by atoms with Crippen LogP contribution in [0.15, 0.2) is 4.99 Å². The first-order valence-electron chi connectivity index (χ1n) is 8.82. The Hall–Kier alpha value is 0.260. The predicted octanol–water partition coefficient (Wildman–Crippen LogP) is 1.46. The maximum atomic E-state index is 11.6. The topological polar surface area (TPSA) is 71.0 Å². The molecule has 3 aliphatic rings. The van der Waals surface area contributed by atoms with E-state index in [2.05, 4.69) is 16.5 Å². The summed E-state index contributed by atoms with van der Waals surface area (Å²) < 4.78 is 28.9. The molecule has 0 amide bonds. The SMILES string of the molecule is CSCCNC(=NCC1CCS(=O)(=O)C1)N1CCC2(CCOC2)C1.I. The van der Waals surface area contributed by atoms with Gasteiger partial charge in [-0.2, -0.15) is 11.8 Å². The first kappa shape index (κ1) is 21.6. The van der Waals surface area contributed by atoms with Crippen LogP contribution in [-0.2, 0) is 14.6 Å². The Morgan fingerprint density at radius 3 is 2.92 bits per heavy atom. The largest absolute Gasteiger partial charge is 0.381 e. The molecule has 0 radical (unpaired) electrons. The molecule has 0 aliphatic carbocycles. The van der Waals surface area contributed by atoms with E-state index in [-0.39, 0.29) is 29.9 Å². The second kappa shape index (κ2) is 9.45. The van der Waals surface area contributed by atoms with Gasteiger partial charge in [0.15, 0.2) is 15.8 Å². The highest BCUT2D eigenvalue weighted by molar-refractivity contribution is 14.0. The van der Waals surface area contributed by atoms with Gasteiger partial charge < -0.3 is 15.0 Å². The summed E-state index contributed by atoms with van der Waals surface area (Å²) >= 11 is 1.81. The van der Waals surface area contributed by atoms with Crippen molar-refractivity contribution in [3.8, 4) is 0 Å². The van der Waals surface area contributed by atoms with E-state index >= 15 is 0 Å². The molecule has 1 N–H and O–H groups in total. The number of nitrogens with zero attached hydrogens (tertiary/aromatic N) is 2. The molecule has 0 saturated carbocycles. The first-order chi connectivity index (χ1) is 11.5. The van der Waals surface area contributed by atoms with E-state index in [0.29, 0.717) is 23.5 Å². The third kappa shape index (κ3) is 5.87. The summed E-state index contributed by atoms with van der Waals surface area (Å²) in [5, 5.41) is 3.48. The summed E-state index contributed by atoms with van der Waals surface area (Å²) in [4.78, 5) is 7.14. The van der Waals surface area contributed by atoms with Crippen molar-refractivity contribution in [2.75, 3.05) is 62.9 Å². The van der Waals surface area contributed by atoms with Crippen LogP contribution in [0.25, 0.3) is 0 Å². The molecule has 0 aromatic carbocycles. The molecule has 2 atom stereocenters. The maximum absolute atomic E-state index is 11.6. The number of rotatable bonds is 5. The number of hydrogen-bond acceptors (Lipinski definition) is 5. The van der Waals surface area contributed by atoms with Crippen LogP contribution < -0.4 is 5.32 Å². The lowest BCUT2D eigenvalue weighted by Crippen LogP contribution is -2.42. The van der Waals surface area contributed by atoms with Crippen LogP contribution in [0.5, 0.6) is 0 Å². The van der Waals surface area contributed by atoms with Gasteiger partial charge in [-0.1, -0.05) is 0 Å². The van der Waals surface area contributed by atoms with Crippen molar-refractivity contribution in [2.45, 2.75) is 19.3 Å².